The Morgan fingerprint density at radius 3 is 2.67 bits per heavy atom. The highest BCUT2D eigenvalue weighted by Crippen LogP contribution is 2.33. The molecule has 3 N–H and O–H groups in total. The van der Waals surface area contributed by atoms with Gasteiger partial charge in [0.25, 0.3) is 0 Å². The Morgan fingerprint density at radius 2 is 2.05 bits per heavy atom. The van der Waals surface area contributed by atoms with Gasteiger partial charge < -0.3 is 15.8 Å². The molecular weight excluding hydrogens is 294 g/mol. The Balaban J connectivity index is 0.00000220. The van der Waals surface area contributed by atoms with Crippen LogP contribution in [-0.2, 0) is 6.54 Å². The zero-order valence-corrected chi connectivity index (χ0v) is 12.2. The van der Waals surface area contributed by atoms with Crippen LogP contribution in [0.25, 0.3) is 0 Å². The van der Waals surface area contributed by atoms with Crippen LogP contribution in [0.15, 0.2) is 42.5 Å². The quantitative estimate of drug-likeness (QED) is 0.653. The minimum absolute atomic E-state index is 0. The van der Waals surface area contributed by atoms with E-state index in [4.69, 9.17) is 10.5 Å². The lowest BCUT2D eigenvalue weighted by Crippen LogP contribution is -1.98. The molecule has 0 spiro atoms. The molecule has 7 heteroatoms. The summed E-state index contributed by atoms with van der Waals surface area (Å²) in [6.07, 6.45) is 0. The zero-order chi connectivity index (χ0) is 14.5. The minimum atomic E-state index is -0.471. The summed E-state index contributed by atoms with van der Waals surface area (Å²) >= 11 is 0. The summed E-state index contributed by atoms with van der Waals surface area (Å²) in [5.74, 6) is 0.709. The number of nitrogens with one attached hydrogen (secondary N) is 1. The number of halogens is 1. The van der Waals surface area contributed by atoms with Gasteiger partial charge in [-0.25, -0.2) is 0 Å². The molecule has 0 aliphatic carbocycles. The number of ether oxygens (including phenoxy) is 1. The summed E-state index contributed by atoms with van der Waals surface area (Å²) in [5, 5.41) is 13.9. The fourth-order valence-electron chi connectivity index (χ4n) is 1.77. The molecule has 0 heterocycles. The molecule has 0 aromatic heterocycles. The van der Waals surface area contributed by atoms with Crippen LogP contribution in [0.5, 0.6) is 11.5 Å². The molecule has 2 aromatic rings. The second-order valence-electron chi connectivity index (χ2n) is 4.14. The summed E-state index contributed by atoms with van der Waals surface area (Å²) in [6.45, 7) is 0.385. The van der Waals surface area contributed by atoms with Gasteiger partial charge in [0.15, 0.2) is 0 Å². The first-order chi connectivity index (χ1) is 9.63. The molecule has 6 nitrogen and oxygen atoms in total. The molecule has 2 aromatic carbocycles. The van der Waals surface area contributed by atoms with E-state index >= 15 is 0 Å². The number of hydrogen-bond acceptors (Lipinski definition) is 5. The maximum absolute atomic E-state index is 11.0. The molecule has 0 radical (unpaired) electrons. The van der Waals surface area contributed by atoms with E-state index in [0.717, 1.165) is 11.3 Å². The number of hydrogen-bond donors (Lipinski definition) is 2. The van der Waals surface area contributed by atoms with E-state index in [0.29, 0.717) is 12.3 Å². The van der Waals surface area contributed by atoms with Crippen LogP contribution in [0.2, 0.25) is 0 Å². The van der Waals surface area contributed by atoms with Crippen LogP contribution in [0.1, 0.15) is 5.56 Å². The first-order valence-corrected chi connectivity index (χ1v) is 6.07. The van der Waals surface area contributed by atoms with Crippen LogP contribution >= 0.6 is 12.4 Å². The van der Waals surface area contributed by atoms with Crippen LogP contribution in [0.4, 0.5) is 11.4 Å². The summed E-state index contributed by atoms with van der Waals surface area (Å²) in [5.41, 5.74) is 7.12. The molecule has 0 bridgehead atoms. The normalized spacial score (nSPS) is 9.62. The van der Waals surface area contributed by atoms with Crippen molar-refractivity contribution in [3.8, 4) is 11.5 Å². The van der Waals surface area contributed by atoms with E-state index in [-0.39, 0.29) is 23.8 Å². The number of nitro groups is 1. The lowest BCUT2D eigenvalue weighted by molar-refractivity contribution is -0.385. The van der Waals surface area contributed by atoms with E-state index in [2.05, 4.69) is 5.32 Å². The molecular formula is C14H16ClN3O3. The molecule has 0 saturated heterocycles. The number of nitrogens with two attached hydrogens (primary N) is 1. The Kier molecular flexibility index (Phi) is 5.95. The number of nitro benzene ring substituents is 1. The molecule has 0 amide bonds. The maximum Gasteiger partial charge on any atom is 0.311 e. The molecule has 0 unspecified atom stereocenters. The van der Waals surface area contributed by atoms with Crippen molar-refractivity contribution in [3.05, 3.63) is 58.1 Å². The van der Waals surface area contributed by atoms with Gasteiger partial charge in [-0.1, -0.05) is 12.1 Å². The minimum Gasteiger partial charge on any atom is -0.450 e. The van der Waals surface area contributed by atoms with Crippen LogP contribution < -0.4 is 15.8 Å². The largest absolute Gasteiger partial charge is 0.450 e. The number of rotatable bonds is 5. The monoisotopic (exact) mass is 309 g/mol. The van der Waals surface area contributed by atoms with E-state index in [1.807, 2.05) is 6.07 Å². The third kappa shape index (κ3) is 4.08. The first-order valence-electron chi connectivity index (χ1n) is 6.07. The van der Waals surface area contributed by atoms with Crippen molar-refractivity contribution in [2.24, 2.45) is 5.73 Å². The molecule has 2 rings (SSSR count). The predicted octanol–water partition coefficient (Wildman–Crippen LogP) is 3.31. The van der Waals surface area contributed by atoms with Gasteiger partial charge in [0.2, 0.25) is 5.75 Å². The van der Waals surface area contributed by atoms with Crippen molar-refractivity contribution in [2.75, 3.05) is 12.4 Å². The van der Waals surface area contributed by atoms with Gasteiger partial charge in [0, 0.05) is 31.4 Å². The molecule has 112 valence electrons. The number of nitrogens with zero attached hydrogens (tertiary/aromatic N) is 1. The smallest absolute Gasteiger partial charge is 0.311 e. The summed E-state index contributed by atoms with van der Waals surface area (Å²) < 4.78 is 5.62. The number of anilines is 1. The SMILES string of the molecule is CNc1ccc([N+](=O)[O-])c(Oc2cccc(CN)c2)c1.Cl. The Labute approximate surface area is 128 Å². The molecule has 0 aliphatic heterocycles. The van der Waals surface area contributed by atoms with Crippen molar-refractivity contribution >= 4 is 23.8 Å². The predicted molar refractivity (Wildman–Crippen MR) is 84.3 cm³/mol. The average Bonchev–Trinajstić information content (AvgIpc) is 2.47. The lowest BCUT2D eigenvalue weighted by atomic mass is 10.2. The second-order valence-corrected chi connectivity index (χ2v) is 4.14. The van der Waals surface area contributed by atoms with Crippen LogP contribution in [0.3, 0.4) is 0 Å². The fourth-order valence-corrected chi connectivity index (χ4v) is 1.77. The highest BCUT2D eigenvalue weighted by Gasteiger charge is 2.16. The van der Waals surface area contributed by atoms with Gasteiger partial charge in [-0.2, -0.15) is 0 Å². The van der Waals surface area contributed by atoms with Gasteiger partial charge in [-0.15, -0.1) is 12.4 Å². The van der Waals surface area contributed by atoms with Crippen molar-refractivity contribution in [2.45, 2.75) is 6.54 Å². The summed E-state index contributed by atoms with van der Waals surface area (Å²) in [7, 11) is 1.74. The van der Waals surface area contributed by atoms with Gasteiger partial charge >= 0.3 is 5.69 Å². The standard InChI is InChI=1S/C14H15N3O3.ClH/c1-16-11-5-6-13(17(18)19)14(8-11)20-12-4-2-3-10(7-12)9-15;/h2-8,16H,9,15H2,1H3;1H. The van der Waals surface area contributed by atoms with Gasteiger partial charge in [0.1, 0.15) is 5.75 Å². The van der Waals surface area contributed by atoms with Crippen molar-refractivity contribution < 1.29 is 9.66 Å². The molecule has 0 saturated carbocycles. The third-order valence-electron chi connectivity index (χ3n) is 2.81. The Bertz CT molecular complexity index is 635. The van der Waals surface area contributed by atoms with E-state index < -0.39 is 4.92 Å². The van der Waals surface area contributed by atoms with Crippen LogP contribution in [-0.4, -0.2) is 12.0 Å². The van der Waals surface area contributed by atoms with E-state index in [1.165, 1.54) is 6.07 Å². The fraction of sp³-hybridized carbons (Fsp3) is 0.143. The Hall–Kier alpha value is -2.31. The topological polar surface area (TPSA) is 90.4 Å². The van der Waals surface area contributed by atoms with Crippen molar-refractivity contribution in [3.63, 3.8) is 0 Å². The average molecular weight is 310 g/mol. The van der Waals surface area contributed by atoms with Crippen molar-refractivity contribution in [1.29, 1.82) is 0 Å². The highest BCUT2D eigenvalue weighted by molar-refractivity contribution is 5.85. The van der Waals surface area contributed by atoms with E-state index in [1.54, 1.807) is 37.4 Å². The van der Waals surface area contributed by atoms with Crippen molar-refractivity contribution in [1.82, 2.24) is 0 Å². The van der Waals surface area contributed by atoms with Gasteiger partial charge in [-0.05, 0) is 23.8 Å². The first kappa shape index (κ1) is 16.7. The Morgan fingerprint density at radius 1 is 1.29 bits per heavy atom. The molecule has 0 aliphatic rings. The van der Waals surface area contributed by atoms with Gasteiger partial charge in [0.05, 0.1) is 4.92 Å². The summed E-state index contributed by atoms with van der Waals surface area (Å²) in [4.78, 5) is 10.5. The van der Waals surface area contributed by atoms with E-state index in [9.17, 15) is 10.1 Å². The molecule has 0 fully saturated rings. The number of benzene rings is 2. The summed E-state index contributed by atoms with van der Waals surface area (Å²) in [6, 6.07) is 11.8. The maximum atomic E-state index is 11.0. The van der Waals surface area contributed by atoms with Crippen LogP contribution in [0, 0.1) is 10.1 Å². The second kappa shape index (κ2) is 7.47. The third-order valence-corrected chi connectivity index (χ3v) is 2.81. The molecule has 21 heavy (non-hydrogen) atoms. The highest BCUT2D eigenvalue weighted by atomic mass is 35.5. The lowest BCUT2D eigenvalue weighted by Gasteiger charge is -2.09. The zero-order valence-electron chi connectivity index (χ0n) is 11.4. The molecule has 0 atom stereocenters. The van der Waals surface area contributed by atoms with Gasteiger partial charge in [-0.3, -0.25) is 10.1 Å².